The number of rotatable bonds is 3. The molecule has 0 spiro atoms. The maximum atomic E-state index is 10.6. The summed E-state index contributed by atoms with van der Waals surface area (Å²) in [6.45, 7) is 5.64. The van der Waals surface area contributed by atoms with Gasteiger partial charge < -0.3 is 4.79 Å². The highest BCUT2D eigenvalue weighted by Crippen LogP contribution is 2.23. The second-order valence-electron chi connectivity index (χ2n) is 2.57. The van der Waals surface area contributed by atoms with Crippen molar-refractivity contribution in [2.24, 2.45) is 0 Å². The van der Waals surface area contributed by atoms with Gasteiger partial charge in [0.1, 0.15) is 5.78 Å². The third-order valence-corrected chi connectivity index (χ3v) is 2.58. The van der Waals surface area contributed by atoms with E-state index in [1.807, 2.05) is 25.6 Å². The zero-order chi connectivity index (χ0) is 10.1. The van der Waals surface area contributed by atoms with Gasteiger partial charge in [-0.3, -0.25) is 0 Å². The zero-order valence-electron chi connectivity index (χ0n) is 8.67. The van der Waals surface area contributed by atoms with Crippen molar-refractivity contribution >= 4 is 17.5 Å². The van der Waals surface area contributed by atoms with Crippen LogP contribution in [0.5, 0.6) is 0 Å². The van der Waals surface area contributed by atoms with Crippen LogP contribution in [0.25, 0.3) is 0 Å². The molecule has 1 aliphatic heterocycles. The predicted molar refractivity (Wildman–Crippen MR) is 60.9 cm³/mol. The normalized spacial score (nSPS) is 14.2. The Morgan fingerprint density at radius 3 is 2.69 bits per heavy atom. The van der Waals surface area contributed by atoms with Crippen molar-refractivity contribution in [2.75, 3.05) is 5.75 Å². The first-order valence-electron chi connectivity index (χ1n) is 4.77. The van der Waals surface area contributed by atoms with Gasteiger partial charge in [0.05, 0.1) is 0 Å². The van der Waals surface area contributed by atoms with Crippen LogP contribution in [0.2, 0.25) is 0 Å². The van der Waals surface area contributed by atoms with E-state index in [1.165, 1.54) is 4.91 Å². The maximum absolute atomic E-state index is 10.6. The van der Waals surface area contributed by atoms with Gasteiger partial charge in [0, 0.05) is 12.2 Å². The Kier molecular flexibility index (Phi) is 7.80. The lowest BCUT2D eigenvalue weighted by atomic mass is 10.2. The van der Waals surface area contributed by atoms with Gasteiger partial charge in [-0.25, -0.2) is 0 Å². The molecule has 0 bridgehead atoms. The Morgan fingerprint density at radius 1 is 1.54 bits per heavy atom. The monoisotopic (exact) mass is 198 g/mol. The SMILES string of the molecule is CC.CC(=O)CCC1=CC=CCS1. The van der Waals surface area contributed by atoms with E-state index in [0.717, 1.165) is 12.2 Å². The van der Waals surface area contributed by atoms with Gasteiger partial charge in [-0.05, 0) is 18.2 Å². The van der Waals surface area contributed by atoms with Crippen molar-refractivity contribution in [3.63, 3.8) is 0 Å². The summed E-state index contributed by atoms with van der Waals surface area (Å²) in [6, 6.07) is 0. The first-order valence-corrected chi connectivity index (χ1v) is 5.75. The molecule has 0 N–H and O–H groups in total. The molecule has 0 unspecified atom stereocenters. The van der Waals surface area contributed by atoms with Crippen LogP contribution in [-0.4, -0.2) is 11.5 Å². The van der Waals surface area contributed by atoms with Gasteiger partial charge in [0.25, 0.3) is 0 Å². The molecule has 0 atom stereocenters. The van der Waals surface area contributed by atoms with Crippen molar-refractivity contribution in [2.45, 2.75) is 33.6 Å². The van der Waals surface area contributed by atoms with Gasteiger partial charge in [-0.2, -0.15) is 0 Å². The van der Waals surface area contributed by atoms with Crippen LogP contribution in [0.1, 0.15) is 33.6 Å². The van der Waals surface area contributed by atoms with Crippen molar-refractivity contribution < 1.29 is 4.79 Å². The number of hydrogen-bond acceptors (Lipinski definition) is 2. The molecule has 13 heavy (non-hydrogen) atoms. The van der Waals surface area contributed by atoms with E-state index in [1.54, 1.807) is 6.92 Å². The van der Waals surface area contributed by atoms with E-state index in [4.69, 9.17) is 0 Å². The summed E-state index contributed by atoms with van der Waals surface area (Å²) in [5, 5.41) is 0. The Morgan fingerprint density at radius 2 is 2.23 bits per heavy atom. The molecule has 0 aliphatic carbocycles. The fourth-order valence-corrected chi connectivity index (χ4v) is 1.73. The fourth-order valence-electron chi connectivity index (χ4n) is 0.889. The van der Waals surface area contributed by atoms with Crippen LogP contribution < -0.4 is 0 Å². The van der Waals surface area contributed by atoms with Gasteiger partial charge >= 0.3 is 0 Å². The molecule has 0 saturated heterocycles. The average molecular weight is 198 g/mol. The lowest BCUT2D eigenvalue weighted by Gasteiger charge is -2.05. The van der Waals surface area contributed by atoms with E-state index in [0.29, 0.717) is 6.42 Å². The number of carbonyl (C=O) groups excluding carboxylic acids is 1. The van der Waals surface area contributed by atoms with Crippen LogP contribution >= 0.6 is 11.8 Å². The van der Waals surface area contributed by atoms with Crippen molar-refractivity contribution in [3.05, 3.63) is 23.1 Å². The Labute approximate surface area is 85.3 Å². The molecule has 0 saturated carbocycles. The smallest absolute Gasteiger partial charge is 0.130 e. The lowest BCUT2D eigenvalue weighted by molar-refractivity contribution is -0.116. The molecule has 0 amide bonds. The Bertz CT molecular complexity index is 204. The second-order valence-corrected chi connectivity index (χ2v) is 3.72. The number of allylic oxidation sites excluding steroid dienone is 3. The molecule has 0 fully saturated rings. The summed E-state index contributed by atoms with van der Waals surface area (Å²) in [5.74, 6) is 1.34. The van der Waals surface area contributed by atoms with Gasteiger partial charge in [0.15, 0.2) is 0 Å². The minimum atomic E-state index is 0.279. The molecule has 1 nitrogen and oxygen atoms in total. The largest absolute Gasteiger partial charge is 0.300 e. The number of thioether (sulfide) groups is 1. The average Bonchev–Trinajstić information content (AvgIpc) is 2.19. The highest BCUT2D eigenvalue weighted by molar-refractivity contribution is 8.03. The van der Waals surface area contributed by atoms with E-state index < -0.39 is 0 Å². The van der Waals surface area contributed by atoms with Crippen molar-refractivity contribution in [1.29, 1.82) is 0 Å². The Hall–Kier alpha value is -0.500. The first kappa shape index (κ1) is 12.5. The highest BCUT2D eigenvalue weighted by atomic mass is 32.2. The summed E-state index contributed by atoms with van der Waals surface area (Å²) in [5.41, 5.74) is 0. The molecule has 0 aromatic carbocycles. The van der Waals surface area contributed by atoms with Crippen LogP contribution in [0.3, 0.4) is 0 Å². The van der Waals surface area contributed by atoms with Crippen LogP contribution in [-0.2, 0) is 4.79 Å². The lowest BCUT2D eigenvalue weighted by Crippen LogP contribution is -1.91. The second kappa shape index (κ2) is 8.11. The molecule has 0 aromatic rings. The number of carbonyl (C=O) groups is 1. The Balaban J connectivity index is 0.000000671. The van der Waals surface area contributed by atoms with E-state index >= 15 is 0 Å². The summed E-state index contributed by atoms with van der Waals surface area (Å²) < 4.78 is 0. The highest BCUT2D eigenvalue weighted by Gasteiger charge is 2.01. The minimum Gasteiger partial charge on any atom is -0.300 e. The van der Waals surface area contributed by atoms with E-state index in [2.05, 4.69) is 18.2 Å². The van der Waals surface area contributed by atoms with Gasteiger partial charge in [-0.15, -0.1) is 11.8 Å². The zero-order valence-corrected chi connectivity index (χ0v) is 9.49. The summed E-state index contributed by atoms with van der Waals surface area (Å²) in [6.07, 6.45) is 7.89. The standard InChI is InChI=1S/C9H12OS.C2H6/c1-8(10)5-6-9-4-2-3-7-11-9;1-2/h2-4H,5-7H2,1H3;1-2H3. The fraction of sp³-hybridized carbons (Fsp3) is 0.545. The molecule has 1 rings (SSSR count). The van der Waals surface area contributed by atoms with Crippen molar-refractivity contribution in [3.8, 4) is 0 Å². The molecule has 1 heterocycles. The molecule has 0 aromatic heterocycles. The van der Waals surface area contributed by atoms with Crippen LogP contribution in [0.4, 0.5) is 0 Å². The molecule has 0 radical (unpaired) electrons. The molecule has 74 valence electrons. The maximum Gasteiger partial charge on any atom is 0.130 e. The van der Waals surface area contributed by atoms with Crippen LogP contribution in [0.15, 0.2) is 23.1 Å². The molecule has 1 aliphatic rings. The predicted octanol–water partition coefficient (Wildman–Crippen LogP) is 3.57. The van der Waals surface area contributed by atoms with Gasteiger partial charge in [0.2, 0.25) is 0 Å². The molecule has 2 heteroatoms. The molecular weight excluding hydrogens is 180 g/mol. The van der Waals surface area contributed by atoms with Crippen LogP contribution in [0, 0.1) is 0 Å². The first-order chi connectivity index (χ1) is 6.29. The van der Waals surface area contributed by atoms with E-state index in [9.17, 15) is 4.79 Å². The number of Topliss-reactive ketones (excluding diaryl/α,β-unsaturated/α-hetero) is 1. The third kappa shape index (κ3) is 6.64. The minimum absolute atomic E-state index is 0.279. The molecular formula is C11H18OS. The summed E-state index contributed by atoms with van der Waals surface area (Å²) in [7, 11) is 0. The summed E-state index contributed by atoms with van der Waals surface area (Å²) >= 11 is 1.83. The summed E-state index contributed by atoms with van der Waals surface area (Å²) in [4.78, 5) is 12.0. The van der Waals surface area contributed by atoms with Gasteiger partial charge in [-0.1, -0.05) is 32.1 Å². The topological polar surface area (TPSA) is 17.1 Å². The number of ketones is 1. The number of hydrogen-bond donors (Lipinski definition) is 0. The van der Waals surface area contributed by atoms with E-state index in [-0.39, 0.29) is 5.78 Å². The van der Waals surface area contributed by atoms with Crippen molar-refractivity contribution in [1.82, 2.24) is 0 Å². The third-order valence-electron chi connectivity index (χ3n) is 1.51. The quantitative estimate of drug-likeness (QED) is 0.689.